The van der Waals surface area contributed by atoms with Crippen molar-refractivity contribution in [1.29, 1.82) is 0 Å². The van der Waals surface area contributed by atoms with Crippen LogP contribution >= 0.6 is 9.69 Å². The van der Waals surface area contributed by atoms with Crippen molar-refractivity contribution in [2.45, 2.75) is 96.8 Å². The van der Waals surface area contributed by atoms with Crippen molar-refractivity contribution in [2.24, 2.45) is 11.8 Å². The number of rotatable bonds is 8. The minimum atomic E-state index is 0. The minimum absolute atomic E-state index is 0. The first-order valence-electron chi connectivity index (χ1n) is 20.4. The van der Waals surface area contributed by atoms with Crippen molar-refractivity contribution in [3.05, 3.63) is 211 Å². The number of carbonyl (C=O) groups excluding carboxylic acids is 2. The van der Waals surface area contributed by atoms with E-state index in [9.17, 15) is 0 Å². The van der Waals surface area contributed by atoms with Crippen molar-refractivity contribution in [3.8, 4) is 0 Å². The number of halogens is 1. The topological polar surface area (TPSA) is 34.1 Å². The van der Waals surface area contributed by atoms with Crippen molar-refractivity contribution in [2.75, 3.05) is 0 Å². The van der Waals surface area contributed by atoms with Crippen molar-refractivity contribution in [1.82, 2.24) is 0 Å². The normalized spacial score (nSPS) is 21.8. The summed E-state index contributed by atoms with van der Waals surface area (Å²) in [6.45, 7) is 24.9. The van der Waals surface area contributed by atoms with Gasteiger partial charge >= 0.3 is 27.0 Å². The number of benzene rings is 5. The van der Waals surface area contributed by atoms with E-state index in [2.05, 4.69) is 201 Å². The van der Waals surface area contributed by atoms with Crippen LogP contribution in [0.5, 0.6) is 0 Å². The zero-order valence-electron chi connectivity index (χ0n) is 36.4. The summed E-state index contributed by atoms with van der Waals surface area (Å²) in [5.41, 5.74) is 8.61. The standard InChI is InChI=1S/C45H44.3C2H6.2CHO.CH3.ClH.Co.Ru/c1-3-17-32-30-33(4-2)40(31-32)34-26-28-39(29-27-34)45-43(37-22-13-7-14-23-37)41(35-18-9-5-10-19-35)42(36-20-11-6-12-21-36)44(45)38-24-15-8-16-25-38;5*1-2;;;;/h3-29,32-33,40-45H,2,30-31H2,1H3;3*1-2H3;2*1H;1H3;1H;;/q;;;;3*-1;;;+4/p-1/b17-3+;;;;;;;;;/t32?,33-,40?,41?,42?,43?,44?,45?;;;;;;;;;/m1........./s1. The third-order valence-electron chi connectivity index (χ3n) is 10.8. The molecule has 7 atom stereocenters. The van der Waals surface area contributed by atoms with Gasteiger partial charge < -0.3 is 17.0 Å². The molecule has 5 aromatic rings. The largest absolute Gasteiger partial charge is 0 e. The van der Waals surface area contributed by atoms with E-state index >= 15 is 0 Å². The maximum absolute atomic E-state index is 7.75. The van der Waals surface area contributed by atoms with Crippen LogP contribution in [0.25, 0.3) is 0 Å². The van der Waals surface area contributed by atoms with Crippen LogP contribution in [0, 0.1) is 19.3 Å². The van der Waals surface area contributed by atoms with Crippen molar-refractivity contribution >= 4 is 23.3 Å². The summed E-state index contributed by atoms with van der Waals surface area (Å²) in [5.74, 6) is 3.31. The van der Waals surface area contributed by atoms with Gasteiger partial charge in [0.05, 0.1) is 0 Å². The number of allylic oxidation sites excluding steroid dienone is 3. The first kappa shape index (κ1) is 57.4. The van der Waals surface area contributed by atoms with Crippen LogP contribution in [0.1, 0.15) is 130 Å². The summed E-state index contributed by atoms with van der Waals surface area (Å²) in [7, 11) is 4.57. The Balaban J connectivity index is 0. The third kappa shape index (κ3) is 15.1. The van der Waals surface area contributed by atoms with E-state index < -0.39 is 0 Å². The van der Waals surface area contributed by atoms with E-state index in [4.69, 9.17) is 9.59 Å². The summed E-state index contributed by atoms with van der Waals surface area (Å²) in [6.07, 6.45) is 9.22. The molecule has 0 bridgehead atoms. The molecule has 0 N–H and O–H groups in total. The summed E-state index contributed by atoms with van der Waals surface area (Å²) in [4.78, 5) is 15.5. The maximum Gasteiger partial charge on any atom is 0 e. The fraction of sp³-hybridized carbons (Fsp3) is 0.315. The van der Waals surface area contributed by atoms with E-state index in [1.54, 1.807) is 0 Å². The molecule has 5 aromatic carbocycles. The van der Waals surface area contributed by atoms with Crippen LogP contribution in [0.3, 0.4) is 0 Å². The average molecular weight is 944 g/mol. The van der Waals surface area contributed by atoms with Crippen molar-refractivity contribution in [3.63, 3.8) is 0 Å². The Labute approximate surface area is 384 Å². The van der Waals surface area contributed by atoms with Crippen LogP contribution in [0.15, 0.2) is 170 Å². The van der Waals surface area contributed by atoms with Crippen LogP contribution in [0.4, 0.5) is 0 Å². The second kappa shape index (κ2) is 34.1. The van der Waals surface area contributed by atoms with E-state index in [-0.39, 0.29) is 24.2 Å². The van der Waals surface area contributed by atoms with E-state index in [1.807, 2.05) is 58.9 Å². The average Bonchev–Trinajstić information content (AvgIpc) is 3.91. The second-order valence-corrected chi connectivity index (χ2v) is 13.2. The molecule has 2 aliphatic rings. The quantitative estimate of drug-likeness (QED) is 0.0672. The Hall–Kier alpha value is -3.66. The van der Waals surface area contributed by atoms with E-state index in [0.717, 1.165) is 0 Å². The van der Waals surface area contributed by atoms with E-state index in [1.165, 1.54) is 46.2 Å². The molecular weight excluding hydrogens is 876 g/mol. The number of hydrogen-bond acceptors (Lipinski definition) is 2. The molecule has 2 nitrogen and oxygen atoms in total. The van der Waals surface area contributed by atoms with Gasteiger partial charge in [-0.15, -0.1) is 6.58 Å². The monoisotopic (exact) mass is 943 g/mol. The van der Waals surface area contributed by atoms with Gasteiger partial charge in [0, 0.05) is 16.8 Å². The Morgan fingerprint density at radius 1 is 0.492 bits per heavy atom. The first-order chi connectivity index (χ1) is 28.3. The van der Waals surface area contributed by atoms with Crippen LogP contribution in [0.2, 0.25) is 0 Å². The van der Waals surface area contributed by atoms with Crippen LogP contribution in [-0.4, -0.2) is 13.6 Å². The molecule has 7 rings (SSSR count). The second-order valence-electron chi connectivity index (χ2n) is 13.2. The Morgan fingerprint density at radius 2 is 0.746 bits per heavy atom. The zero-order valence-corrected chi connectivity index (χ0v) is 39.9. The molecule has 1 radical (unpaired) electrons. The molecule has 59 heavy (non-hydrogen) atoms. The van der Waals surface area contributed by atoms with Gasteiger partial charge in [-0.2, -0.15) is 0 Å². The molecule has 319 valence electrons. The summed E-state index contributed by atoms with van der Waals surface area (Å²) in [5, 5.41) is 0. The molecule has 2 fully saturated rings. The van der Waals surface area contributed by atoms with Gasteiger partial charge in [0.2, 0.25) is 0 Å². The van der Waals surface area contributed by atoms with Gasteiger partial charge in [-0.1, -0.05) is 205 Å². The molecule has 5 heteroatoms. The number of hydrogen-bond donors (Lipinski definition) is 0. The predicted octanol–water partition coefficient (Wildman–Crippen LogP) is 15.5. The van der Waals surface area contributed by atoms with Gasteiger partial charge in [0.15, 0.2) is 0 Å². The summed E-state index contributed by atoms with van der Waals surface area (Å²) in [6, 6.07) is 55.2. The zero-order chi connectivity index (χ0) is 42.6. The molecule has 0 heterocycles. The van der Waals surface area contributed by atoms with Gasteiger partial charge in [0.25, 0.3) is 0 Å². The molecular formula is C54H67ClCoO2Ru. The van der Waals surface area contributed by atoms with Crippen molar-refractivity contribution < 1.29 is 43.7 Å². The predicted molar refractivity (Wildman–Crippen MR) is 250 cm³/mol. The fourth-order valence-corrected chi connectivity index (χ4v) is 9.04. The third-order valence-corrected chi connectivity index (χ3v) is 10.8. The molecule has 0 aromatic heterocycles. The van der Waals surface area contributed by atoms with Crippen LogP contribution < -0.4 is 0 Å². The molecule has 0 saturated heterocycles. The van der Waals surface area contributed by atoms with Gasteiger partial charge in [0.1, 0.15) is 0 Å². The Morgan fingerprint density at radius 3 is 1.00 bits per heavy atom. The van der Waals surface area contributed by atoms with Gasteiger partial charge in [-0.25, -0.2) is 0 Å². The Kier molecular flexibility index (Phi) is 33.2. The minimum Gasteiger partial charge on any atom is 0 e. The molecule has 2 aliphatic carbocycles. The van der Waals surface area contributed by atoms with E-state index in [0.29, 0.717) is 47.3 Å². The fourth-order valence-electron chi connectivity index (χ4n) is 9.04. The summed E-state index contributed by atoms with van der Waals surface area (Å²) < 4.78 is 0. The Bertz CT molecular complexity index is 1660. The summed E-state index contributed by atoms with van der Waals surface area (Å²) >= 11 is 1.82. The smallest absolute Gasteiger partial charge is 0 e. The molecule has 0 spiro atoms. The maximum atomic E-state index is 7.75. The van der Waals surface area contributed by atoms with Gasteiger partial charge in [-0.05, 0) is 100 Å². The molecule has 0 aliphatic heterocycles. The first-order valence-corrected chi connectivity index (χ1v) is 22.7. The molecule has 6 unspecified atom stereocenters. The van der Waals surface area contributed by atoms with Gasteiger partial charge in [-0.3, -0.25) is 13.6 Å². The molecule has 2 saturated carbocycles. The SMILES string of the molecule is C=C[C@@H]1CC(/C=C/C)CC1c1ccc(C2C(c3ccccc3)C(c3ccccc3)C(c3ccccc3)C2c2ccccc2)cc1.CC.CC.CC.[CH-]=O.[CH-]=O.[CH3-].[Cl][Ru+3].[Co]. The van der Waals surface area contributed by atoms with Crippen LogP contribution in [-0.2, 0) is 43.7 Å². The molecule has 0 amide bonds.